The minimum Gasteiger partial charge on any atom is -0.354 e. The van der Waals surface area contributed by atoms with Crippen molar-refractivity contribution in [3.63, 3.8) is 0 Å². The van der Waals surface area contributed by atoms with Gasteiger partial charge in [-0.3, -0.25) is 14.4 Å². The molecular weight excluding hydrogens is 423 g/mol. The molecule has 32 heavy (non-hydrogen) atoms. The van der Waals surface area contributed by atoms with Crippen molar-refractivity contribution in [1.29, 1.82) is 0 Å². The van der Waals surface area contributed by atoms with Crippen LogP contribution >= 0.6 is 0 Å². The summed E-state index contributed by atoms with van der Waals surface area (Å²) in [6.45, 7) is 2.19. The summed E-state index contributed by atoms with van der Waals surface area (Å²) in [5.41, 5.74) is -0.513. The Labute approximate surface area is 183 Å². The molecule has 1 aliphatic rings. The van der Waals surface area contributed by atoms with Gasteiger partial charge in [-0.05, 0) is 24.6 Å². The molecule has 0 aromatic heterocycles. The lowest BCUT2D eigenvalue weighted by Gasteiger charge is -2.25. The zero-order chi connectivity index (χ0) is 23.3. The fourth-order valence-corrected chi connectivity index (χ4v) is 3.72. The highest BCUT2D eigenvalue weighted by atomic mass is 19.4. The monoisotopic (exact) mass is 447 g/mol. The maximum Gasteiger partial charge on any atom is 0.417 e. The first kappa shape index (κ1) is 23.3. The van der Waals surface area contributed by atoms with E-state index in [9.17, 15) is 27.6 Å². The van der Waals surface area contributed by atoms with E-state index in [2.05, 4.69) is 10.6 Å². The van der Waals surface area contributed by atoms with Gasteiger partial charge in [0.05, 0.1) is 23.1 Å². The van der Waals surface area contributed by atoms with Crippen LogP contribution in [0.2, 0.25) is 0 Å². The van der Waals surface area contributed by atoms with Crippen molar-refractivity contribution < 1.29 is 27.6 Å². The number of hydrogen-bond donors (Lipinski definition) is 2. The summed E-state index contributed by atoms with van der Waals surface area (Å²) < 4.78 is 39.1. The first-order valence-electron chi connectivity index (χ1n) is 10.2. The summed E-state index contributed by atoms with van der Waals surface area (Å²) in [5.74, 6) is -1.83. The molecule has 0 spiro atoms. The van der Waals surface area contributed by atoms with Crippen LogP contribution in [0.3, 0.4) is 0 Å². The van der Waals surface area contributed by atoms with Gasteiger partial charge in [0.2, 0.25) is 11.8 Å². The second-order valence-electron chi connectivity index (χ2n) is 7.62. The van der Waals surface area contributed by atoms with E-state index in [1.54, 1.807) is 4.90 Å². The fourth-order valence-electron chi connectivity index (χ4n) is 3.72. The van der Waals surface area contributed by atoms with E-state index in [4.69, 9.17) is 0 Å². The molecule has 0 aliphatic carbocycles. The quantitative estimate of drug-likeness (QED) is 0.640. The molecule has 2 aromatic rings. The third-order valence-corrected chi connectivity index (χ3v) is 5.47. The Morgan fingerprint density at radius 1 is 1.03 bits per heavy atom. The van der Waals surface area contributed by atoms with E-state index in [1.807, 2.05) is 37.3 Å². The minimum absolute atomic E-state index is 0.0394. The number of likely N-dealkylation sites (tertiary alicyclic amines) is 1. The number of hydrogen-bond acceptors (Lipinski definition) is 3. The normalized spacial score (nSPS) is 17.2. The van der Waals surface area contributed by atoms with Crippen molar-refractivity contribution in [2.75, 3.05) is 19.6 Å². The van der Waals surface area contributed by atoms with Crippen molar-refractivity contribution in [2.45, 2.75) is 25.6 Å². The molecule has 2 N–H and O–H groups in total. The van der Waals surface area contributed by atoms with Crippen LogP contribution in [0.4, 0.5) is 13.2 Å². The van der Waals surface area contributed by atoms with Gasteiger partial charge in [-0.1, -0.05) is 42.5 Å². The van der Waals surface area contributed by atoms with Gasteiger partial charge in [0.1, 0.15) is 0 Å². The number of carbonyl (C=O) groups excluding carboxylic acids is 3. The second-order valence-corrected chi connectivity index (χ2v) is 7.62. The number of carbonyl (C=O) groups is 3. The van der Waals surface area contributed by atoms with Gasteiger partial charge in [-0.2, -0.15) is 13.2 Å². The Kier molecular flexibility index (Phi) is 7.17. The highest BCUT2D eigenvalue weighted by molar-refractivity contribution is 5.96. The standard InChI is InChI=1S/C23H24F3N3O3/c1-15(16-7-3-2-4-8-16)29-14-17(13-20(29)30)21(31)27-11-12-28-22(32)18-9-5-6-10-19(18)23(24,25)26/h2-10,15,17H,11-14H2,1H3,(H,27,31)(H,28,32). The zero-order valence-corrected chi connectivity index (χ0v) is 17.5. The molecule has 2 unspecified atom stereocenters. The van der Waals surface area contributed by atoms with Crippen molar-refractivity contribution in [3.8, 4) is 0 Å². The number of alkyl halides is 3. The third kappa shape index (κ3) is 5.46. The Bertz CT molecular complexity index is 979. The largest absolute Gasteiger partial charge is 0.417 e. The van der Waals surface area contributed by atoms with Crippen LogP contribution in [0, 0.1) is 5.92 Å². The summed E-state index contributed by atoms with van der Waals surface area (Å²) in [6, 6.07) is 13.9. The number of amides is 3. The van der Waals surface area contributed by atoms with Crippen LogP contribution in [0.1, 0.15) is 40.9 Å². The summed E-state index contributed by atoms with van der Waals surface area (Å²) in [4.78, 5) is 38.6. The Morgan fingerprint density at radius 2 is 1.66 bits per heavy atom. The van der Waals surface area contributed by atoms with Crippen LogP contribution in [0.25, 0.3) is 0 Å². The number of nitrogens with zero attached hydrogens (tertiary/aromatic N) is 1. The molecule has 1 saturated heterocycles. The van der Waals surface area contributed by atoms with Crippen LogP contribution < -0.4 is 10.6 Å². The molecule has 0 bridgehead atoms. The average Bonchev–Trinajstić information content (AvgIpc) is 3.17. The van der Waals surface area contributed by atoms with E-state index in [-0.39, 0.29) is 43.9 Å². The summed E-state index contributed by atoms with van der Waals surface area (Å²) in [6.07, 6.45) is -4.55. The van der Waals surface area contributed by atoms with Gasteiger partial charge in [-0.15, -0.1) is 0 Å². The number of benzene rings is 2. The maximum absolute atomic E-state index is 13.0. The molecule has 1 heterocycles. The fraction of sp³-hybridized carbons (Fsp3) is 0.348. The molecule has 2 atom stereocenters. The van der Waals surface area contributed by atoms with Gasteiger partial charge in [0, 0.05) is 26.1 Å². The molecule has 0 radical (unpaired) electrons. The van der Waals surface area contributed by atoms with Gasteiger partial charge < -0.3 is 15.5 Å². The number of halogens is 3. The second kappa shape index (κ2) is 9.84. The lowest BCUT2D eigenvalue weighted by molar-refractivity contribution is -0.138. The summed E-state index contributed by atoms with van der Waals surface area (Å²) in [5, 5.41) is 5.02. The average molecular weight is 447 g/mol. The van der Waals surface area contributed by atoms with Crippen molar-refractivity contribution in [1.82, 2.24) is 15.5 Å². The van der Waals surface area contributed by atoms with Gasteiger partial charge in [0.25, 0.3) is 5.91 Å². The number of nitrogens with one attached hydrogen (secondary N) is 2. The van der Waals surface area contributed by atoms with Gasteiger partial charge in [0.15, 0.2) is 0 Å². The first-order valence-corrected chi connectivity index (χ1v) is 10.2. The molecular formula is C23H24F3N3O3. The van der Waals surface area contributed by atoms with E-state index < -0.39 is 29.1 Å². The summed E-state index contributed by atoms with van der Waals surface area (Å²) >= 11 is 0. The Hall–Kier alpha value is -3.36. The van der Waals surface area contributed by atoms with Crippen LogP contribution in [-0.4, -0.2) is 42.3 Å². The van der Waals surface area contributed by atoms with Gasteiger partial charge >= 0.3 is 6.18 Å². The van der Waals surface area contributed by atoms with Crippen molar-refractivity contribution >= 4 is 17.7 Å². The van der Waals surface area contributed by atoms with Crippen LogP contribution in [-0.2, 0) is 15.8 Å². The molecule has 9 heteroatoms. The van der Waals surface area contributed by atoms with E-state index in [0.717, 1.165) is 17.7 Å². The molecule has 6 nitrogen and oxygen atoms in total. The predicted molar refractivity (Wildman–Crippen MR) is 111 cm³/mol. The molecule has 1 fully saturated rings. The molecule has 2 aromatic carbocycles. The smallest absolute Gasteiger partial charge is 0.354 e. The van der Waals surface area contributed by atoms with Gasteiger partial charge in [-0.25, -0.2) is 0 Å². The lowest BCUT2D eigenvalue weighted by Crippen LogP contribution is -2.39. The highest BCUT2D eigenvalue weighted by Gasteiger charge is 2.37. The zero-order valence-electron chi connectivity index (χ0n) is 17.5. The maximum atomic E-state index is 13.0. The van der Waals surface area contributed by atoms with E-state index >= 15 is 0 Å². The molecule has 1 aliphatic heterocycles. The Balaban J connectivity index is 1.48. The van der Waals surface area contributed by atoms with E-state index in [0.29, 0.717) is 0 Å². The molecule has 0 saturated carbocycles. The van der Waals surface area contributed by atoms with E-state index in [1.165, 1.54) is 12.1 Å². The predicted octanol–water partition coefficient (Wildman–Crippen LogP) is 3.16. The highest BCUT2D eigenvalue weighted by Crippen LogP contribution is 2.32. The van der Waals surface area contributed by atoms with Crippen LogP contribution in [0.5, 0.6) is 0 Å². The first-order chi connectivity index (χ1) is 15.2. The summed E-state index contributed by atoms with van der Waals surface area (Å²) in [7, 11) is 0. The molecule has 170 valence electrons. The lowest BCUT2D eigenvalue weighted by atomic mass is 10.1. The Morgan fingerprint density at radius 3 is 2.34 bits per heavy atom. The third-order valence-electron chi connectivity index (χ3n) is 5.47. The number of rotatable bonds is 7. The minimum atomic E-state index is -4.64. The van der Waals surface area contributed by atoms with Crippen LogP contribution in [0.15, 0.2) is 54.6 Å². The SMILES string of the molecule is CC(c1ccccc1)N1CC(C(=O)NCCNC(=O)c2ccccc2C(F)(F)F)CC1=O. The van der Waals surface area contributed by atoms with Crippen molar-refractivity contribution in [2.24, 2.45) is 5.92 Å². The topological polar surface area (TPSA) is 78.5 Å². The molecule has 3 rings (SSSR count). The molecule has 3 amide bonds. The van der Waals surface area contributed by atoms with Crippen molar-refractivity contribution in [3.05, 3.63) is 71.3 Å².